The van der Waals surface area contributed by atoms with Gasteiger partial charge in [-0.1, -0.05) is 34.1 Å². The molecule has 0 saturated heterocycles. The fourth-order valence-corrected chi connectivity index (χ4v) is 2.14. The van der Waals surface area contributed by atoms with Crippen molar-refractivity contribution < 1.29 is 9.13 Å². The van der Waals surface area contributed by atoms with Gasteiger partial charge in [0.25, 0.3) is 0 Å². The van der Waals surface area contributed by atoms with Crippen molar-refractivity contribution in [2.75, 3.05) is 0 Å². The van der Waals surface area contributed by atoms with Gasteiger partial charge in [0, 0.05) is 22.1 Å². The number of aromatic nitrogens is 2. The van der Waals surface area contributed by atoms with Gasteiger partial charge in [0.15, 0.2) is 0 Å². The Bertz CT molecular complexity index is 728. The smallest absolute Gasteiger partial charge is 0.322 e. The fourth-order valence-electron chi connectivity index (χ4n) is 1.70. The van der Waals surface area contributed by atoms with E-state index in [1.54, 1.807) is 12.3 Å². The van der Waals surface area contributed by atoms with Crippen LogP contribution in [0.1, 0.15) is 0 Å². The maximum absolute atomic E-state index is 13.2. The zero-order chi connectivity index (χ0) is 13.2. The Hall–Kier alpha value is -2.01. The van der Waals surface area contributed by atoms with E-state index in [4.69, 9.17) is 4.74 Å². The molecule has 1 aromatic heterocycles. The van der Waals surface area contributed by atoms with E-state index in [-0.39, 0.29) is 11.8 Å². The van der Waals surface area contributed by atoms with Gasteiger partial charge in [0.1, 0.15) is 11.6 Å². The monoisotopic (exact) mass is 318 g/mol. The molecule has 3 nitrogen and oxygen atoms in total. The van der Waals surface area contributed by atoms with Gasteiger partial charge in [-0.25, -0.2) is 9.37 Å². The summed E-state index contributed by atoms with van der Waals surface area (Å²) in [5.41, 5.74) is 0.781. The summed E-state index contributed by atoms with van der Waals surface area (Å²) in [4.78, 5) is 8.35. The predicted octanol–water partition coefficient (Wildman–Crippen LogP) is 4.32. The summed E-state index contributed by atoms with van der Waals surface area (Å²) in [6, 6.07) is 12.1. The molecule has 1 heterocycles. The Morgan fingerprint density at radius 2 is 1.95 bits per heavy atom. The minimum atomic E-state index is -0.384. The molecule has 19 heavy (non-hydrogen) atoms. The van der Waals surface area contributed by atoms with Crippen molar-refractivity contribution in [1.29, 1.82) is 0 Å². The van der Waals surface area contributed by atoms with Crippen molar-refractivity contribution in [3.63, 3.8) is 0 Å². The molecule has 0 N–H and O–H groups in total. The maximum atomic E-state index is 13.2. The molecule has 3 aromatic rings. The van der Waals surface area contributed by atoms with Crippen LogP contribution in [0.15, 0.2) is 53.1 Å². The van der Waals surface area contributed by atoms with E-state index in [1.165, 1.54) is 12.1 Å². The van der Waals surface area contributed by atoms with E-state index in [0.717, 1.165) is 10.9 Å². The second kappa shape index (κ2) is 4.93. The van der Waals surface area contributed by atoms with Crippen molar-refractivity contribution in [2.45, 2.75) is 0 Å². The summed E-state index contributed by atoms with van der Waals surface area (Å²) < 4.78 is 19.3. The molecule has 0 spiro atoms. The molecule has 94 valence electrons. The quantitative estimate of drug-likeness (QED) is 0.705. The van der Waals surface area contributed by atoms with E-state index in [1.807, 2.05) is 24.3 Å². The molecule has 0 aliphatic heterocycles. The number of halogens is 2. The highest BCUT2D eigenvalue weighted by atomic mass is 79.9. The van der Waals surface area contributed by atoms with E-state index in [9.17, 15) is 4.39 Å². The summed E-state index contributed by atoms with van der Waals surface area (Å²) >= 11 is 3.21. The first-order valence-corrected chi connectivity index (χ1v) is 6.36. The van der Waals surface area contributed by atoms with Gasteiger partial charge in [-0.2, -0.15) is 4.98 Å². The number of hydrogen-bond acceptors (Lipinski definition) is 3. The molecule has 3 rings (SSSR count). The first-order chi connectivity index (χ1) is 9.20. The third-order valence-corrected chi connectivity index (χ3v) is 2.97. The number of rotatable bonds is 2. The highest BCUT2D eigenvalue weighted by Crippen LogP contribution is 2.24. The molecule has 0 aliphatic carbocycles. The molecule has 0 saturated carbocycles. The van der Waals surface area contributed by atoms with Gasteiger partial charge < -0.3 is 4.74 Å². The molecule has 0 unspecified atom stereocenters. The predicted molar refractivity (Wildman–Crippen MR) is 73.7 cm³/mol. The van der Waals surface area contributed by atoms with Gasteiger partial charge in [0.05, 0.1) is 5.52 Å². The zero-order valence-electron chi connectivity index (χ0n) is 9.68. The summed E-state index contributed by atoms with van der Waals surface area (Å²) in [5, 5.41) is 0.926. The maximum Gasteiger partial charge on any atom is 0.322 e. The van der Waals surface area contributed by atoms with Crippen LogP contribution in [-0.4, -0.2) is 9.97 Å². The Labute approximate surface area is 117 Å². The van der Waals surface area contributed by atoms with Crippen LogP contribution < -0.4 is 4.74 Å². The number of benzene rings is 2. The Balaban J connectivity index is 1.96. The Morgan fingerprint density at radius 1 is 1.11 bits per heavy atom. The van der Waals surface area contributed by atoms with Crippen LogP contribution in [0.2, 0.25) is 0 Å². The van der Waals surface area contributed by atoms with Gasteiger partial charge >= 0.3 is 6.01 Å². The molecule has 0 bridgehead atoms. The van der Waals surface area contributed by atoms with E-state index in [0.29, 0.717) is 10.2 Å². The largest absolute Gasteiger partial charge is 0.424 e. The third kappa shape index (κ3) is 2.71. The Kier molecular flexibility index (Phi) is 3.13. The SMILES string of the molecule is Fc1cc(Br)cc(Oc2ncc3ccccc3n2)c1. The second-order valence-electron chi connectivity index (χ2n) is 3.92. The van der Waals surface area contributed by atoms with Crippen LogP contribution in [0.25, 0.3) is 10.9 Å². The topological polar surface area (TPSA) is 35.0 Å². The number of fused-ring (bicyclic) bond motifs is 1. The molecule has 0 atom stereocenters. The lowest BCUT2D eigenvalue weighted by Crippen LogP contribution is -1.92. The number of hydrogen-bond donors (Lipinski definition) is 0. The first-order valence-electron chi connectivity index (χ1n) is 5.56. The summed E-state index contributed by atoms with van der Waals surface area (Å²) in [6.07, 6.45) is 1.67. The lowest BCUT2D eigenvalue weighted by atomic mass is 10.2. The van der Waals surface area contributed by atoms with Crippen molar-refractivity contribution in [3.05, 3.63) is 59.0 Å². The zero-order valence-corrected chi connectivity index (χ0v) is 11.3. The van der Waals surface area contributed by atoms with Crippen LogP contribution in [0.5, 0.6) is 11.8 Å². The summed E-state index contributed by atoms with van der Waals surface area (Å²) in [6.45, 7) is 0. The average Bonchev–Trinajstić information content (AvgIpc) is 2.37. The van der Waals surface area contributed by atoms with Crippen LogP contribution >= 0.6 is 15.9 Å². The van der Waals surface area contributed by atoms with Gasteiger partial charge in [-0.05, 0) is 18.2 Å². The normalized spacial score (nSPS) is 10.6. The minimum absolute atomic E-state index is 0.191. The molecule has 0 amide bonds. The van der Waals surface area contributed by atoms with Crippen LogP contribution in [0, 0.1) is 5.82 Å². The Morgan fingerprint density at radius 3 is 2.79 bits per heavy atom. The summed E-state index contributed by atoms with van der Waals surface area (Å²) in [7, 11) is 0. The minimum Gasteiger partial charge on any atom is -0.424 e. The first kappa shape index (κ1) is 12.0. The highest BCUT2D eigenvalue weighted by molar-refractivity contribution is 9.10. The lowest BCUT2D eigenvalue weighted by Gasteiger charge is -2.05. The van der Waals surface area contributed by atoms with Crippen molar-refractivity contribution >= 4 is 26.8 Å². The van der Waals surface area contributed by atoms with Crippen molar-refractivity contribution in [2.24, 2.45) is 0 Å². The standard InChI is InChI=1S/C14H8BrFN2O/c15-10-5-11(16)7-12(6-10)19-14-17-8-9-3-1-2-4-13(9)18-14/h1-8H. The molecule has 0 radical (unpaired) electrons. The molecular formula is C14H8BrFN2O. The van der Waals surface area contributed by atoms with Crippen LogP contribution in [0.4, 0.5) is 4.39 Å². The lowest BCUT2D eigenvalue weighted by molar-refractivity contribution is 0.440. The van der Waals surface area contributed by atoms with Crippen molar-refractivity contribution in [1.82, 2.24) is 9.97 Å². The van der Waals surface area contributed by atoms with Gasteiger partial charge in [0.2, 0.25) is 0 Å². The van der Waals surface area contributed by atoms with E-state index < -0.39 is 0 Å². The van der Waals surface area contributed by atoms with Gasteiger partial charge in [-0.15, -0.1) is 0 Å². The third-order valence-electron chi connectivity index (χ3n) is 2.51. The molecule has 2 aromatic carbocycles. The van der Waals surface area contributed by atoms with Crippen molar-refractivity contribution in [3.8, 4) is 11.8 Å². The highest BCUT2D eigenvalue weighted by Gasteiger charge is 2.05. The average molecular weight is 319 g/mol. The van der Waals surface area contributed by atoms with Gasteiger partial charge in [-0.3, -0.25) is 0 Å². The van der Waals surface area contributed by atoms with E-state index in [2.05, 4.69) is 25.9 Å². The molecular weight excluding hydrogens is 311 g/mol. The molecule has 0 aliphatic rings. The number of para-hydroxylation sites is 1. The molecule has 5 heteroatoms. The fraction of sp³-hybridized carbons (Fsp3) is 0. The van der Waals surface area contributed by atoms with E-state index >= 15 is 0 Å². The summed E-state index contributed by atoms with van der Waals surface area (Å²) in [5.74, 6) is -0.0349. The number of nitrogens with zero attached hydrogens (tertiary/aromatic N) is 2. The second-order valence-corrected chi connectivity index (χ2v) is 4.83. The number of ether oxygens (including phenoxy) is 1. The van der Waals surface area contributed by atoms with Crippen LogP contribution in [-0.2, 0) is 0 Å². The van der Waals surface area contributed by atoms with Crippen LogP contribution in [0.3, 0.4) is 0 Å². The molecule has 0 fully saturated rings.